The highest BCUT2D eigenvalue weighted by atomic mass is 32.1. The third kappa shape index (κ3) is 13.7. The smallest absolute Gasteiger partial charge is 0.282 e. The molecule has 0 heterocycles. The van der Waals surface area contributed by atoms with Crippen molar-refractivity contribution < 1.29 is 9.59 Å². The lowest BCUT2D eigenvalue weighted by Crippen LogP contribution is -2.29. The summed E-state index contributed by atoms with van der Waals surface area (Å²) in [5.41, 5.74) is 3.91. The molecule has 0 aromatic heterocycles. The summed E-state index contributed by atoms with van der Waals surface area (Å²) in [6.45, 7) is 5.81. The van der Waals surface area contributed by atoms with Crippen LogP contribution in [0.3, 0.4) is 0 Å². The number of amides is 2. The van der Waals surface area contributed by atoms with Crippen LogP contribution in [0, 0.1) is 0 Å². The van der Waals surface area contributed by atoms with Gasteiger partial charge in [0.1, 0.15) is 0 Å². The van der Waals surface area contributed by atoms with E-state index in [2.05, 4.69) is 51.2 Å². The average molecular weight is 599 g/mol. The molecule has 0 aliphatic rings. The van der Waals surface area contributed by atoms with E-state index in [-0.39, 0.29) is 10.5 Å². The molecule has 0 saturated heterocycles. The summed E-state index contributed by atoms with van der Waals surface area (Å²) in [5, 5.41) is -0.453. The van der Waals surface area contributed by atoms with E-state index in [1.54, 1.807) is 9.80 Å². The minimum Gasteiger partial charge on any atom is -0.303 e. The summed E-state index contributed by atoms with van der Waals surface area (Å²) in [6.07, 6.45) is 20.2. The van der Waals surface area contributed by atoms with Crippen molar-refractivity contribution in [1.82, 2.24) is 0 Å². The van der Waals surface area contributed by atoms with Crippen molar-refractivity contribution in [2.75, 3.05) is 22.9 Å². The number of nitrogens with zero attached hydrogens (tertiary/aromatic N) is 2. The van der Waals surface area contributed by atoms with Crippen molar-refractivity contribution in [3.63, 3.8) is 0 Å². The number of hydrogen-bond acceptors (Lipinski definition) is 2. The molecule has 0 fully saturated rings. The molecule has 2 amide bonds. The predicted molar refractivity (Wildman–Crippen MR) is 184 cm³/mol. The Morgan fingerprint density at radius 1 is 0.512 bits per heavy atom. The topological polar surface area (TPSA) is 40.6 Å². The lowest BCUT2D eigenvalue weighted by atomic mass is 10.00. The minimum absolute atomic E-state index is 0.226. The fourth-order valence-corrected chi connectivity index (χ4v) is 5.91. The molecule has 0 saturated carbocycles. The van der Waals surface area contributed by atoms with E-state index in [1.165, 1.54) is 77.0 Å². The maximum Gasteiger partial charge on any atom is 0.282 e. The fraction of sp³-hybridized carbons (Fsp3) is 0.600. The normalized spacial score (nSPS) is 11.0. The van der Waals surface area contributed by atoms with Crippen LogP contribution in [0.4, 0.5) is 21.0 Å². The van der Waals surface area contributed by atoms with Gasteiger partial charge in [-0.05, 0) is 36.1 Å². The summed E-state index contributed by atoms with van der Waals surface area (Å²) in [5.74, 6) is 0. The van der Waals surface area contributed by atoms with Gasteiger partial charge in [0.2, 0.25) is 0 Å². The van der Waals surface area contributed by atoms with Crippen molar-refractivity contribution >= 4 is 47.1 Å². The van der Waals surface area contributed by atoms with Crippen LogP contribution in [-0.2, 0) is 6.42 Å². The van der Waals surface area contributed by atoms with E-state index in [0.29, 0.717) is 19.5 Å². The Morgan fingerprint density at radius 3 is 1.17 bits per heavy atom. The summed E-state index contributed by atoms with van der Waals surface area (Å²) < 4.78 is 0. The van der Waals surface area contributed by atoms with Gasteiger partial charge in [0.05, 0.1) is 0 Å². The van der Waals surface area contributed by atoms with Crippen LogP contribution in [0.5, 0.6) is 0 Å². The van der Waals surface area contributed by atoms with E-state index < -0.39 is 0 Å². The Labute approximate surface area is 261 Å². The zero-order valence-electron chi connectivity index (χ0n) is 25.7. The van der Waals surface area contributed by atoms with Gasteiger partial charge in [0.15, 0.2) is 0 Å². The van der Waals surface area contributed by atoms with Gasteiger partial charge in [-0.1, -0.05) is 165 Å². The SMILES string of the molecule is CCCCCCCCCCN(C(=O)S)c1ccccc1Cc1ccccc1N(CCCCCCCCCC)C(=O)S. The molecule has 228 valence electrons. The van der Waals surface area contributed by atoms with Gasteiger partial charge in [0.25, 0.3) is 10.5 Å². The molecule has 0 atom stereocenters. The van der Waals surface area contributed by atoms with Crippen LogP contribution < -0.4 is 9.80 Å². The Kier molecular flexibility index (Phi) is 18.7. The Morgan fingerprint density at radius 2 is 0.829 bits per heavy atom. The number of thiol groups is 2. The van der Waals surface area contributed by atoms with E-state index in [0.717, 1.165) is 48.2 Å². The van der Waals surface area contributed by atoms with Crippen molar-refractivity contribution in [3.05, 3.63) is 59.7 Å². The highest BCUT2D eigenvalue weighted by Gasteiger charge is 2.19. The largest absolute Gasteiger partial charge is 0.303 e. The highest BCUT2D eigenvalue weighted by Crippen LogP contribution is 2.30. The first-order valence-electron chi connectivity index (χ1n) is 16.2. The number of carbonyl (C=O) groups is 2. The number of unbranched alkanes of at least 4 members (excludes halogenated alkanes) is 14. The lowest BCUT2D eigenvalue weighted by molar-refractivity contribution is 0.264. The summed E-state index contributed by atoms with van der Waals surface area (Å²) in [6, 6.07) is 16.2. The van der Waals surface area contributed by atoms with Gasteiger partial charge in [-0.2, -0.15) is 0 Å². The van der Waals surface area contributed by atoms with Crippen LogP contribution >= 0.6 is 25.3 Å². The van der Waals surface area contributed by atoms with Crippen molar-refractivity contribution in [2.45, 2.75) is 123 Å². The van der Waals surface area contributed by atoms with Gasteiger partial charge in [-0.25, -0.2) is 0 Å². The van der Waals surface area contributed by atoms with Crippen molar-refractivity contribution in [2.24, 2.45) is 0 Å². The lowest BCUT2D eigenvalue weighted by Gasteiger charge is -2.26. The van der Waals surface area contributed by atoms with Crippen LogP contribution in [0.1, 0.15) is 128 Å². The summed E-state index contributed by atoms with van der Waals surface area (Å²) >= 11 is 8.49. The van der Waals surface area contributed by atoms with Crippen LogP contribution in [0.25, 0.3) is 0 Å². The average Bonchev–Trinajstić information content (AvgIpc) is 2.96. The highest BCUT2D eigenvalue weighted by molar-refractivity contribution is 7.97. The Bertz CT molecular complexity index is 934. The molecule has 0 unspecified atom stereocenters. The van der Waals surface area contributed by atoms with Crippen LogP contribution in [0.15, 0.2) is 48.5 Å². The molecule has 6 heteroatoms. The minimum atomic E-state index is -0.226. The van der Waals surface area contributed by atoms with Crippen molar-refractivity contribution in [3.8, 4) is 0 Å². The molecule has 2 rings (SSSR count). The van der Waals surface area contributed by atoms with Gasteiger partial charge in [-0.3, -0.25) is 9.59 Å². The third-order valence-electron chi connectivity index (χ3n) is 7.88. The Hall–Kier alpha value is -1.92. The van der Waals surface area contributed by atoms with Crippen LogP contribution in [0.2, 0.25) is 0 Å². The zero-order chi connectivity index (χ0) is 29.7. The molecule has 2 aromatic rings. The van der Waals surface area contributed by atoms with Gasteiger partial charge < -0.3 is 9.80 Å². The zero-order valence-corrected chi connectivity index (χ0v) is 27.4. The molecule has 4 nitrogen and oxygen atoms in total. The van der Waals surface area contributed by atoms with E-state index in [9.17, 15) is 9.59 Å². The first-order chi connectivity index (χ1) is 20.0. The number of rotatable bonds is 22. The summed E-state index contributed by atoms with van der Waals surface area (Å²) in [4.78, 5) is 28.9. The second kappa shape index (κ2) is 21.7. The molecular formula is C35H54N2O2S2. The standard InChI is InChI=1S/C35H54N2O2S2/c1-3-5-7-9-11-13-15-21-27-36(34(38)40)32-25-19-17-23-30(32)29-31-24-18-20-26-33(31)37(35(39)41)28-22-16-14-12-10-8-6-4-2/h17-20,23-26H,3-16,21-22,27-29H2,1-2H3,(H,38,40)(H,39,41). The first kappa shape index (κ1) is 35.3. The fourth-order valence-electron chi connectivity index (χ4n) is 5.50. The van der Waals surface area contributed by atoms with E-state index in [1.807, 2.05) is 36.4 Å². The molecule has 0 radical (unpaired) electrons. The number of hydrogen-bond donors (Lipinski definition) is 2. The second-order valence-corrected chi connectivity index (χ2v) is 12.0. The molecule has 0 aliphatic carbocycles. The first-order valence-corrected chi connectivity index (χ1v) is 17.1. The van der Waals surface area contributed by atoms with Crippen molar-refractivity contribution in [1.29, 1.82) is 0 Å². The molecular weight excluding hydrogens is 545 g/mol. The van der Waals surface area contributed by atoms with E-state index in [4.69, 9.17) is 0 Å². The molecule has 0 aliphatic heterocycles. The maximum atomic E-state index is 12.6. The Balaban J connectivity index is 2.05. The molecule has 0 spiro atoms. The number of para-hydroxylation sites is 2. The quantitative estimate of drug-likeness (QED) is 0.105. The number of carbonyl (C=O) groups excluding carboxylic acids is 2. The van der Waals surface area contributed by atoms with Crippen LogP contribution in [-0.4, -0.2) is 23.6 Å². The molecule has 0 bridgehead atoms. The van der Waals surface area contributed by atoms with E-state index >= 15 is 0 Å². The summed E-state index contributed by atoms with van der Waals surface area (Å²) in [7, 11) is 0. The number of anilines is 2. The number of benzene rings is 2. The van der Waals surface area contributed by atoms with Gasteiger partial charge in [-0.15, -0.1) is 0 Å². The maximum absolute atomic E-state index is 12.6. The molecule has 0 N–H and O–H groups in total. The predicted octanol–water partition coefficient (Wildman–Crippen LogP) is 11.3. The second-order valence-electron chi connectivity index (χ2n) is 11.3. The molecule has 41 heavy (non-hydrogen) atoms. The van der Waals surface area contributed by atoms with Gasteiger partial charge >= 0.3 is 0 Å². The van der Waals surface area contributed by atoms with Gasteiger partial charge in [0, 0.05) is 30.9 Å². The molecule has 2 aromatic carbocycles. The monoisotopic (exact) mass is 598 g/mol. The third-order valence-corrected chi connectivity index (χ3v) is 8.36.